The molecule has 5 heteroatoms. The Morgan fingerprint density at radius 3 is 3.07 bits per heavy atom. The minimum absolute atomic E-state index is 0.366. The van der Waals surface area contributed by atoms with Crippen LogP contribution in [0.1, 0.15) is 26.7 Å². The number of nitrogens with one attached hydrogen (secondary N) is 1. The second-order valence-electron chi connectivity index (χ2n) is 4.03. The van der Waals surface area contributed by atoms with Crippen molar-refractivity contribution in [3.8, 4) is 0 Å². The van der Waals surface area contributed by atoms with Crippen LogP contribution < -0.4 is 5.32 Å². The van der Waals surface area contributed by atoms with Crippen LogP contribution in [0.5, 0.6) is 0 Å². The first-order valence-corrected chi connectivity index (χ1v) is 8.06. The van der Waals surface area contributed by atoms with Crippen LogP contribution in [0, 0.1) is 0 Å². The Kier molecular flexibility index (Phi) is 5.68. The third-order valence-electron chi connectivity index (χ3n) is 2.32. The highest BCUT2D eigenvalue weighted by Gasteiger charge is 2.13. The number of rotatable bonds is 4. The van der Waals surface area contributed by atoms with Crippen LogP contribution in [-0.4, -0.2) is 39.2 Å². The molecule has 1 rings (SSSR count). The Labute approximate surface area is 99.0 Å². The summed E-state index contributed by atoms with van der Waals surface area (Å²) >= 11 is 1.79. The second-order valence-corrected chi connectivity index (χ2v) is 6.67. The maximum absolute atomic E-state index is 10.9. The largest absolute Gasteiger partial charge is 0.362 e. The second kappa shape index (κ2) is 6.53. The summed E-state index contributed by atoms with van der Waals surface area (Å²) in [4.78, 5) is 4.54. The molecule has 3 unspecified atom stereocenters. The van der Waals surface area contributed by atoms with E-state index in [1.165, 1.54) is 6.42 Å². The van der Waals surface area contributed by atoms with Gasteiger partial charge in [0.05, 0.1) is 6.04 Å². The summed E-state index contributed by atoms with van der Waals surface area (Å²) in [7, 11) is -0.686. The predicted molar refractivity (Wildman–Crippen MR) is 70.1 cm³/mol. The molecule has 0 saturated carbocycles. The van der Waals surface area contributed by atoms with Gasteiger partial charge in [-0.3, -0.25) is 9.20 Å². The molecule has 0 aliphatic carbocycles. The highest BCUT2D eigenvalue weighted by Crippen LogP contribution is 2.16. The topological polar surface area (TPSA) is 41.5 Å². The normalized spacial score (nSPS) is 25.5. The third kappa shape index (κ3) is 5.56. The lowest BCUT2D eigenvalue weighted by molar-refractivity contribution is 0.629. The van der Waals surface area contributed by atoms with E-state index >= 15 is 0 Å². The van der Waals surface area contributed by atoms with Crippen molar-refractivity contribution >= 4 is 27.7 Å². The van der Waals surface area contributed by atoms with Gasteiger partial charge in [0.15, 0.2) is 5.17 Å². The molecular formula is C10H20N2OS2. The lowest BCUT2D eigenvalue weighted by atomic mass is 10.2. The van der Waals surface area contributed by atoms with Crippen molar-refractivity contribution in [3.63, 3.8) is 0 Å². The quantitative estimate of drug-likeness (QED) is 0.822. The zero-order chi connectivity index (χ0) is 11.3. The summed E-state index contributed by atoms with van der Waals surface area (Å²) in [5, 5.41) is 4.44. The molecule has 0 aromatic rings. The van der Waals surface area contributed by atoms with Crippen molar-refractivity contribution in [1.29, 1.82) is 0 Å². The highest BCUT2D eigenvalue weighted by molar-refractivity contribution is 8.13. The van der Waals surface area contributed by atoms with Gasteiger partial charge >= 0.3 is 0 Å². The number of aliphatic imine (C=N–C) groups is 1. The third-order valence-corrected chi connectivity index (χ3v) is 4.07. The first kappa shape index (κ1) is 13.0. The first-order chi connectivity index (χ1) is 7.08. The van der Waals surface area contributed by atoms with Crippen molar-refractivity contribution in [2.45, 2.75) is 38.8 Å². The number of amidine groups is 1. The molecule has 3 atom stereocenters. The van der Waals surface area contributed by atoms with Crippen molar-refractivity contribution in [3.05, 3.63) is 0 Å². The first-order valence-electron chi connectivity index (χ1n) is 5.35. The average molecular weight is 248 g/mol. The van der Waals surface area contributed by atoms with Crippen LogP contribution in [0.2, 0.25) is 0 Å². The minimum Gasteiger partial charge on any atom is -0.362 e. The summed E-state index contributed by atoms with van der Waals surface area (Å²) < 4.78 is 10.9. The van der Waals surface area contributed by atoms with Crippen LogP contribution in [-0.2, 0) is 10.8 Å². The van der Waals surface area contributed by atoms with Crippen molar-refractivity contribution in [2.24, 2.45) is 4.99 Å². The van der Waals surface area contributed by atoms with E-state index in [0.717, 1.165) is 23.1 Å². The standard InChI is InChI=1S/C10H20N2OS2/c1-8-4-6-14-10(11-8)12-9(2)5-7-15(3)13/h8-9H,4-7H2,1-3H3,(H,11,12). The van der Waals surface area contributed by atoms with Gasteiger partial charge in [0, 0.05) is 34.6 Å². The van der Waals surface area contributed by atoms with E-state index in [4.69, 9.17) is 0 Å². The van der Waals surface area contributed by atoms with E-state index in [1.807, 2.05) is 0 Å². The Morgan fingerprint density at radius 2 is 2.47 bits per heavy atom. The molecule has 0 aromatic heterocycles. The molecule has 0 bridgehead atoms. The summed E-state index contributed by atoms with van der Waals surface area (Å²) in [5.41, 5.74) is 0. The average Bonchev–Trinajstić information content (AvgIpc) is 2.15. The molecular weight excluding hydrogens is 228 g/mol. The smallest absolute Gasteiger partial charge is 0.157 e. The van der Waals surface area contributed by atoms with Crippen LogP contribution in [0.4, 0.5) is 0 Å². The zero-order valence-corrected chi connectivity index (χ0v) is 11.3. The Hall–Kier alpha value is -0.0300. The summed E-state index contributed by atoms with van der Waals surface area (Å²) in [6, 6.07) is 0.812. The van der Waals surface area contributed by atoms with E-state index in [1.54, 1.807) is 18.0 Å². The van der Waals surface area contributed by atoms with Crippen molar-refractivity contribution in [2.75, 3.05) is 17.8 Å². The van der Waals surface area contributed by atoms with Crippen molar-refractivity contribution < 1.29 is 4.21 Å². The fourth-order valence-corrected chi connectivity index (χ4v) is 3.21. The summed E-state index contributed by atoms with van der Waals surface area (Å²) in [6.07, 6.45) is 3.86. The zero-order valence-electron chi connectivity index (χ0n) is 9.66. The molecule has 15 heavy (non-hydrogen) atoms. The molecule has 0 amide bonds. The Bertz CT molecular complexity index is 256. The van der Waals surface area contributed by atoms with Crippen molar-refractivity contribution in [1.82, 2.24) is 5.32 Å². The monoisotopic (exact) mass is 248 g/mol. The van der Waals surface area contributed by atoms with E-state index in [9.17, 15) is 4.21 Å². The lowest BCUT2D eigenvalue weighted by Gasteiger charge is -2.21. The van der Waals surface area contributed by atoms with Gasteiger partial charge in [-0.15, -0.1) is 0 Å². The van der Waals surface area contributed by atoms with Gasteiger partial charge in [-0.2, -0.15) is 0 Å². The number of thioether (sulfide) groups is 1. The van der Waals surface area contributed by atoms with E-state index in [0.29, 0.717) is 12.1 Å². The maximum atomic E-state index is 10.9. The van der Waals surface area contributed by atoms with Gasteiger partial charge in [0.1, 0.15) is 0 Å². The molecule has 0 spiro atoms. The van der Waals surface area contributed by atoms with E-state index in [-0.39, 0.29) is 0 Å². The molecule has 0 radical (unpaired) electrons. The van der Waals surface area contributed by atoms with E-state index in [2.05, 4.69) is 24.2 Å². The Morgan fingerprint density at radius 1 is 1.73 bits per heavy atom. The predicted octanol–water partition coefficient (Wildman–Crippen LogP) is 1.61. The van der Waals surface area contributed by atoms with Gasteiger partial charge in [0.25, 0.3) is 0 Å². The van der Waals surface area contributed by atoms with Gasteiger partial charge in [-0.05, 0) is 26.7 Å². The fourth-order valence-electron chi connectivity index (χ4n) is 1.33. The number of hydrogen-bond acceptors (Lipinski definition) is 4. The van der Waals surface area contributed by atoms with Crippen LogP contribution in [0.25, 0.3) is 0 Å². The maximum Gasteiger partial charge on any atom is 0.157 e. The molecule has 0 saturated heterocycles. The van der Waals surface area contributed by atoms with E-state index < -0.39 is 10.8 Å². The summed E-state index contributed by atoms with van der Waals surface area (Å²) in [5.74, 6) is 1.92. The molecule has 1 heterocycles. The van der Waals surface area contributed by atoms with Gasteiger partial charge in [0.2, 0.25) is 0 Å². The SMILES string of the molecule is CC1CCSC(NC(C)CCS(C)=O)=N1. The fraction of sp³-hybridized carbons (Fsp3) is 0.900. The number of hydrogen-bond donors (Lipinski definition) is 1. The molecule has 3 nitrogen and oxygen atoms in total. The molecule has 1 N–H and O–H groups in total. The molecule has 1 aliphatic heterocycles. The summed E-state index contributed by atoms with van der Waals surface area (Å²) in [6.45, 7) is 4.27. The molecule has 88 valence electrons. The van der Waals surface area contributed by atoms with Crippen LogP contribution in [0.3, 0.4) is 0 Å². The highest BCUT2D eigenvalue weighted by atomic mass is 32.2. The minimum atomic E-state index is -0.686. The lowest BCUT2D eigenvalue weighted by Crippen LogP contribution is -2.34. The van der Waals surface area contributed by atoms with Gasteiger partial charge in [-0.1, -0.05) is 11.8 Å². The number of nitrogens with zero attached hydrogens (tertiary/aromatic N) is 1. The van der Waals surface area contributed by atoms with Crippen LogP contribution in [0.15, 0.2) is 4.99 Å². The van der Waals surface area contributed by atoms with Gasteiger partial charge < -0.3 is 5.32 Å². The molecule has 0 fully saturated rings. The molecule has 1 aliphatic rings. The molecule has 0 aromatic carbocycles. The van der Waals surface area contributed by atoms with Crippen LogP contribution >= 0.6 is 11.8 Å². The Balaban J connectivity index is 2.30. The van der Waals surface area contributed by atoms with Gasteiger partial charge in [-0.25, -0.2) is 0 Å².